The smallest absolute Gasteiger partial charge is 0.220 e. The standard InChI is InChI=1S/C20H21F2N5/c21-15-10-14(11-16(22)12-15)13-4-6-17(7-5-13)27-19(24)25-18(23)26-20(27)8-2-1-3-9-20/h4-7,10-12H,1-3,8-9H2,(H4,23,24,25,26). The van der Waals surface area contributed by atoms with Crippen LogP contribution in [0.5, 0.6) is 0 Å². The maximum atomic E-state index is 13.5. The molecule has 7 heteroatoms. The molecule has 0 unspecified atom stereocenters. The fourth-order valence-electron chi connectivity index (χ4n) is 4.02. The summed E-state index contributed by atoms with van der Waals surface area (Å²) in [7, 11) is 0. The Kier molecular flexibility index (Phi) is 4.30. The van der Waals surface area contributed by atoms with Crippen LogP contribution in [-0.2, 0) is 0 Å². The minimum absolute atomic E-state index is 0.206. The van der Waals surface area contributed by atoms with Crippen LogP contribution in [-0.4, -0.2) is 17.6 Å². The number of nitrogens with zero attached hydrogens (tertiary/aromatic N) is 3. The normalized spacial score (nSPS) is 19.0. The van der Waals surface area contributed by atoms with E-state index in [1.54, 1.807) is 0 Å². The van der Waals surface area contributed by atoms with E-state index in [1.165, 1.54) is 12.1 Å². The van der Waals surface area contributed by atoms with Crippen LogP contribution in [0.25, 0.3) is 11.1 Å². The van der Waals surface area contributed by atoms with E-state index < -0.39 is 17.3 Å². The highest BCUT2D eigenvalue weighted by Crippen LogP contribution is 2.39. The van der Waals surface area contributed by atoms with Crippen molar-refractivity contribution in [3.05, 3.63) is 54.1 Å². The number of benzene rings is 2. The first kappa shape index (κ1) is 17.5. The van der Waals surface area contributed by atoms with Gasteiger partial charge in [-0.25, -0.2) is 13.8 Å². The molecule has 0 saturated heterocycles. The summed E-state index contributed by atoms with van der Waals surface area (Å²) in [6.07, 6.45) is 4.94. The van der Waals surface area contributed by atoms with Crippen molar-refractivity contribution in [3.8, 4) is 11.1 Å². The van der Waals surface area contributed by atoms with Gasteiger partial charge in [0, 0.05) is 11.8 Å². The van der Waals surface area contributed by atoms with Crippen molar-refractivity contribution in [2.75, 3.05) is 4.90 Å². The van der Waals surface area contributed by atoms with Gasteiger partial charge in [-0.05, 0) is 61.1 Å². The van der Waals surface area contributed by atoms with Crippen LogP contribution >= 0.6 is 0 Å². The van der Waals surface area contributed by atoms with Gasteiger partial charge in [-0.3, -0.25) is 4.90 Å². The molecule has 1 heterocycles. The molecule has 1 spiro atoms. The van der Waals surface area contributed by atoms with E-state index in [0.29, 0.717) is 17.1 Å². The zero-order chi connectivity index (χ0) is 19.0. The fraction of sp³-hybridized carbons (Fsp3) is 0.300. The van der Waals surface area contributed by atoms with Gasteiger partial charge >= 0.3 is 0 Å². The highest BCUT2D eigenvalue weighted by Gasteiger charge is 2.42. The van der Waals surface area contributed by atoms with Crippen molar-refractivity contribution in [1.29, 1.82) is 0 Å². The van der Waals surface area contributed by atoms with Gasteiger partial charge in [0.25, 0.3) is 0 Å². The molecule has 2 aliphatic rings. The van der Waals surface area contributed by atoms with Crippen molar-refractivity contribution >= 4 is 17.6 Å². The Morgan fingerprint density at radius 3 is 2.11 bits per heavy atom. The number of hydrogen-bond donors (Lipinski definition) is 2. The lowest BCUT2D eigenvalue weighted by atomic mass is 9.87. The summed E-state index contributed by atoms with van der Waals surface area (Å²) in [5.74, 6) is -0.689. The van der Waals surface area contributed by atoms with Crippen LogP contribution in [0.3, 0.4) is 0 Å². The molecule has 4 N–H and O–H groups in total. The van der Waals surface area contributed by atoms with Crippen molar-refractivity contribution < 1.29 is 8.78 Å². The average molecular weight is 369 g/mol. The minimum Gasteiger partial charge on any atom is -0.369 e. The van der Waals surface area contributed by atoms with Gasteiger partial charge < -0.3 is 11.5 Å². The third-order valence-corrected chi connectivity index (χ3v) is 5.17. The molecule has 0 radical (unpaired) electrons. The van der Waals surface area contributed by atoms with Crippen LogP contribution < -0.4 is 16.4 Å². The SMILES string of the molecule is NC1=NC2(CCCCC2)N(c2ccc(-c3cc(F)cc(F)c3)cc2)C(N)=N1. The molecular weight excluding hydrogens is 348 g/mol. The molecule has 1 fully saturated rings. The van der Waals surface area contributed by atoms with Crippen LogP contribution in [0.15, 0.2) is 52.4 Å². The zero-order valence-corrected chi connectivity index (χ0v) is 14.8. The maximum Gasteiger partial charge on any atom is 0.220 e. The topological polar surface area (TPSA) is 80.0 Å². The number of anilines is 1. The molecule has 4 rings (SSSR count). The summed E-state index contributed by atoms with van der Waals surface area (Å²) in [6.45, 7) is 0. The van der Waals surface area contributed by atoms with Crippen LogP contribution in [0.4, 0.5) is 14.5 Å². The van der Waals surface area contributed by atoms with E-state index in [2.05, 4.69) is 9.98 Å². The van der Waals surface area contributed by atoms with Gasteiger partial charge in [0.2, 0.25) is 11.9 Å². The number of halogens is 2. The molecule has 1 aliphatic heterocycles. The highest BCUT2D eigenvalue weighted by atomic mass is 19.1. The van der Waals surface area contributed by atoms with Crippen molar-refractivity contribution in [2.45, 2.75) is 37.8 Å². The quantitative estimate of drug-likeness (QED) is 0.846. The molecule has 1 aliphatic carbocycles. The molecule has 0 aromatic heterocycles. The van der Waals surface area contributed by atoms with Crippen LogP contribution in [0.2, 0.25) is 0 Å². The summed E-state index contributed by atoms with van der Waals surface area (Å²) < 4.78 is 27.0. The first-order chi connectivity index (χ1) is 13.0. The molecule has 5 nitrogen and oxygen atoms in total. The van der Waals surface area contributed by atoms with E-state index in [-0.39, 0.29) is 5.96 Å². The van der Waals surface area contributed by atoms with Gasteiger partial charge in [-0.1, -0.05) is 18.6 Å². The molecule has 27 heavy (non-hydrogen) atoms. The first-order valence-electron chi connectivity index (χ1n) is 9.03. The van der Waals surface area contributed by atoms with E-state index in [0.717, 1.165) is 43.9 Å². The lowest BCUT2D eigenvalue weighted by molar-refractivity contribution is 0.305. The largest absolute Gasteiger partial charge is 0.369 e. The van der Waals surface area contributed by atoms with Gasteiger partial charge in [0.05, 0.1) is 0 Å². The lowest BCUT2D eigenvalue weighted by Gasteiger charge is -2.45. The van der Waals surface area contributed by atoms with Crippen molar-refractivity contribution in [1.82, 2.24) is 0 Å². The average Bonchev–Trinajstić information content (AvgIpc) is 2.61. The van der Waals surface area contributed by atoms with Gasteiger partial charge in [0.15, 0.2) is 0 Å². The molecule has 2 aromatic rings. The summed E-state index contributed by atoms with van der Waals surface area (Å²) in [6, 6.07) is 10.8. The van der Waals surface area contributed by atoms with Crippen LogP contribution in [0, 0.1) is 11.6 Å². The van der Waals surface area contributed by atoms with Gasteiger partial charge in [-0.2, -0.15) is 4.99 Å². The summed E-state index contributed by atoms with van der Waals surface area (Å²) in [4.78, 5) is 10.7. The number of guanidine groups is 2. The number of aliphatic imine (C=N–C) groups is 2. The molecule has 0 amide bonds. The molecular formula is C20H21F2N5. The van der Waals surface area contributed by atoms with Gasteiger partial charge in [0.1, 0.15) is 17.3 Å². The predicted octanol–water partition coefficient (Wildman–Crippen LogP) is 3.74. The Morgan fingerprint density at radius 1 is 0.852 bits per heavy atom. The number of nitrogens with two attached hydrogens (primary N) is 2. The summed E-state index contributed by atoms with van der Waals surface area (Å²) in [5, 5.41) is 0. The van der Waals surface area contributed by atoms with Gasteiger partial charge in [-0.15, -0.1) is 0 Å². The fourth-order valence-corrected chi connectivity index (χ4v) is 4.02. The Morgan fingerprint density at radius 2 is 1.48 bits per heavy atom. The maximum absolute atomic E-state index is 13.5. The van der Waals surface area contributed by atoms with Crippen molar-refractivity contribution in [2.24, 2.45) is 21.5 Å². The summed E-state index contributed by atoms with van der Waals surface area (Å²) >= 11 is 0. The number of rotatable bonds is 2. The second-order valence-corrected chi connectivity index (χ2v) is 7.02. The van der Waals surface area contributed by atoms with E-state index in [1.807, 2.05) is 29.2 Å². The number of hydrogen-bond acceptors (Lipinski definition) is 5. The second-order valence-electron chi connectivity index (χ2n) is 7.02. The minimum atomic E-state index is -0.604. The summed E-state index contributed by atoms with van der Waals surface area (Å²) in [5.41, 5.74) is 13.6. The van der Waals surface area contributed by atoms with E-state index >= 15 is 0 Å². The third-order valence-electron chi connectivity index (χ3n) is 5.17. The monoisotopic (exact) mass is 369 g/mol. The van der Waals surface area contributed by atoms with Crippen LogP contribution in [0.1, 0.15) is 32.1 Å². The van der Waals surface area contributed by atoms with E-state index in [9.17, 15) is 8.78 Å². The highest BCUT2D eigenvalue weighted by molar-refractivity contribution is 6.05. The molecule has 140 valence electrons. The Hall–Kier alpha value is -2.96. The molecule has 0 atom stereocenters. The predicted molar refractivity (Wildman–Crippen MR) is 103 cm³/mol. The van der Waals surface area contributed by atoms with E-state index in [4.69, 9.17) is 11.5 Å². The molecule has 2 aromatic carbocycles. The molecule has 0 bridgehead atoms. The Balaban J connectivity index is 1.71. The van der Waals surface area contributed by atoms with Crippen molar-refractivity contribution in [3.63, 3.8) is 0 Å². The zero-order valence-electron chi connectivity index (χ0n) is 14.8. The Bertz CT molecular complexity index is 894. The second kappa shape index (κ2) is 6.64. The molecule has 1 saturated carbocycles. The Labute approximate surface area is 156 Å². The lowest BCUT2D eigenvalue weighted by Crippen LogP contribution is -2.58. The third kappa shape index (κ3) is 3.25. The first-order valence-corrected chi connectivity index (χ1v) is 9.03.